The van der Waals surface area contributed by atoms with Crippen LogP contribution in [0.1, 0.15) is 41.9 Å². The zero-order valence-electron chi connectivity index (χ0n) is 23.1. The van der Waals surface area contributed by atoms with Crippen molar-refractivity contribution < 1.29 is 13.2 Å². The lowest BCUT2D eigenvalue weighted by atomic mass is 9.96. The highest BCUT2D eigenvalue weighted by atomic mass is 32.2. The first-order valence-corrected chi connectivity index (χ1v) is 15.1. The predicted molar refractivity (Wildman–Crippen MR) is 153 cm³/mol. The first-order valence-electron chi connectivity index (χ1n) is 13.6. The Bertz CT molecular complexity index is 1450. The van der Waals surface area contributed by atoms with Crippen molar-refractivity contribution in [1.29, 1.82) is 0 Å². The zero-order chi connectivity index (χ0) is 27.7. The first-order chi connectivity index (χ1) is 18.7. The third kappa shape index (κ3) is 5.57. The molecule has 0 saturated carbocycles. The van der Waals surface area contributed by atoms with Crippen LogP contribution in [0, 0.1) is 13.8 Å². The summed E-state index contributed by atoms with van der Waals surface area (Å²) in [4.78, 5) is 19.4. The van der Waals surface area contributed by atoms with Crippen molar-refractivity contribution >= 4 is 21.8 Å². The summed E-state index contributed by atoms with van der Waals surface area (Å²) in [5.41, 5.74) is 6.36. The molecule has 2 aromatic heterocycles. The van der Waals surface area contributed by atoms with E-state index >= 15 is 0 Å². The van der Waals surface area contributed by atoms with Crippen molar-refractivity contribution in [3.8, 4) is 17.1 Å². The number of hydrogen-bond donors (Lipinski definition) is 1. The maximum Gasteiger partial charge on any atom is 0.277 e. The molecule has 39 heavy (non-hydrogen) atoms. The van der Waals surface area contributed by atoms with Gasteiger partial charge < -0.3 is 14.5 Å². The van der Waals surface area contributed by atoms with Crippen LogP contribution in [0.25, 0.3) is 11.4 Å². The maximum atomic E-state index is 12.0. The van der Waals surface area contributed by atoms with Gasteiger partial charge in [0.2, 0.25) is 0 Å². The van der Waals surface area contributed by atoms with Gasteiger partial charge in [-0.15, -0.1) is 0 Å². The Labute approximate surface area is 231 Å². The van der Waals surface area contributed by atoms with Gasteiger partial charge in [-0.2, -0.15) is 12.7 Å². The number of pyridine rings is 1. The van der Waals surface area contributed by atoms with E-state index in [0.717, 1.165) is 52.7 Å². The number of anilines is 2. The van der Waals surface area contributed by atoms with Crippen LogP contribution in [0.3, 0.4) is 0 Å². The molecule has 0 radical (unpaired) electrons. The summed E-state index contributed by atoms with van der Waals surface area (Å²) in [5.74, 6) is 3.14. The maximum absolute atomic E-state index is 12.0. The van der Waals surface area contributed by atoms with Crippen molar-refractivity contribution in [1.82, 2.24) is 19.3 Å². The molecule has 208 valence electrons. The Morgan fingerprint density at radius 3 is 2.23 bits per heavy atom. The molecule has 3 aromatic rings. The van der Waals surface area contributed by atoms with E-state index in [9.17, 15) is 8.42 Å². The second kappa shape index (κ2) is 11.1. The standard InChI is InChI=1S/C28H37N7O3S/c1-5-21-8-7-9-22(6-2)25(21)26-31-20(4)23(18-34-16-17-38-24-11-10-19(3)30-28(24)34)27(32-26)33-12-14-35(15-13-33)39(29,36)37/h7-11H,5-6,12-18H2,1-4H3,(H2,29,36,37). The highest BCUT2D eigenvalue weighted by Crippen LogP contribution is 2.35. The van der Waals surface area contributed by atoms with Gasteiger partial charge in [0, 0.05) is 48.7 Å². The molecule has 1 fully saturated rings. The normalized spacial score (nSPS) is 16.2. The molecule has 0 aliphatic carbocycles. The molecule has 0 bridgehead atoms. The molecular weight excluding hydrogens is 514 g/mol. The van der Waals surface area contributed by atoms with Gasteiger partial charge >= 0.3 is 0 Å². The van der Waals surface area contributed by atoms with Crippen LogP contribution in [0.15, 0.2) is 30.3 Å². The van der Waals surface area contributed by atoms with Crippen LogP contribution >= 0.6 is 0 Å². The Kier molecular flexibility index (Phi) is 7.75. The second-order valence-electron chi connectivity index (χ2n) is 10.1. The lowest BCUT2D eigenvalue weighted by Gasteiger charge is -2.36. The molecule has 10 nitrogen and oxygen atoms in total. The summed E-state index contributed by atoms with van der Waals surface area (Å²) in [5, 5.41) is 5.42. The van der Waals surface area contributed by atoms with E-state index < -0.39 is 10.2 Å². The average Bonchev–Trinajstić information content (AvgIpc) is 2.93. The molecule has 2 aliphatic heterocycles. The van der Waals surface area contributed by atoms with Crippen molar-refractivity contribution in [3.05, 3.63) is 58.4 Å². The summed E-state index contributed by atoms with van der Waals surface area (Å²) >= 11 is 0. The molecule has 0 spiro atoms. The summed E-state index contributed by atoms with van der Waals surface area (Å²) in [6.07, 6.45) is 1.76. The van der Waals surface area contributed by atoms with Crippen LogP contribution < -0.4 is 19.7 Å². The largest absolute Gasteiger partial charge is 0.488 e. The lowest BCUT2D eigenvalue weighted by molar-refractivity contribution is 0.304. The van der Waals surface area contributed by atoms with Gasteiger partial charge in [-0.05, 0) is 49.9 Å². The van der Waals surface area contributed by atoms with Gasteiger partial charge in [0.05, 0.1) is 13.1 Å². The van der Waals surface area contributed by atoms with Gasteiger partial charge in [-0.3, -0.25) is 0 Å². The Balaban J connectivity index is 1.60. The number of hydrogen-bond acceptors (Lipinski definition) is 8. The van der Waals surface area contributed by atoms with E-state index in [1.54, 1.807) is 0 Å². The molecule has 11 heteroatoms. The predicted octanol–water partition coefficient (Wildman–Crippen LogP) is 3.00. The van der Waals surface area contributed by atoms with E-state index in [1.807, 2.05) is 26.0 Å². The third-order valence-electron chi connectivity index (χ3n) is 7.56. The number of ether oxygens (including phenoxy) is 1. The summed E-state index contributed by atoms with van der Waals surface area (Å²) in [6, 6.07) is 10.3. The number of fused-ring (bicyclic) bond motifs is 1. The number of benzene rings is 1. The highest BCUT2D eigenvalue weighted by Gasteiger charge is 2.29. The van der Waals surface area contributed by atoms with Crippen LogP contribution in [0.4, 0.5) is 11.6 Å². The van der Waals surface area contributed by atoms with Crippen LogP contribution in [0.5, 0.6) is 5.75 Å². The lowest BCUT2D eigenvalue weighted by Crippen LogP contribution is -2.51. The Morgan fingerprint density at radius 1 is 0.897 bits per heavy atom. The fourth-order valence-electron chi connectivity index (χ4n) is 5.41. The SMILES string of the molecule is CCc1cccc(CC)c1-c1nc(C)c(CN2CCOc3ccc(C)nc32)c(N2CCN(S(N)(=O)=O)CC2)n1. The van der Waals surface area contributed by atoms with Crippen LogP contribution in [-0.2, 0) is 29.6 Å². The van der Waals surface area contributed by atoms with E-state index in [1.165, 1.54) is 15.4 Å². The molecule has 0 unspecified atom stereocenters. The van der Waals surface area contributed by atoms with E-state index in [0.29, 0.717) is 51.7 Å². The minimum absolute atomic E-state index is 0.309. The van der Waals surface area contributed by atoms with E-state index in [2.05, 4.69) is 41.8 Å². The number of rotatable bonds is 7. The van der Waals surface area contributed by atoms with E-state index in [4.69, 9.17) is 24.8 Å². The van der Waals surface area contributed by atoms with E-state index in [-0.39, 0.29) is 0 Å². The Hall–Kier alpha value is -3.28. The molecule has 2 N–H and O–H groups in total. The molecule has 0 atom stereocenters. The van der Waals surface area contributed by atoms with Gasteiger partial charge in [0.25, 0.3) is 10.2 Å². The third-order valence-corrected chi connectivity index (χ3v) is 8.64. The summed E-state index contributed by atoms with van der Waals surface area (Å²) in [7, 11) is -3.74. The molecule has 1 aromatic carbocycles. The minimum atomic E-state index is -3.74. The van der Waals surface area contributed by atoms with Crippen LogP contribution in [0.2, 0.25) is 0 Å². The fraction of sp³-hybridized carbons (Fsp3) is 0.464. The molecule has 5 rings (SSSR count). The number of nitrogens with two attached hydrogens (primary N) is 1. The molecular formula is C28H37N7O3S. The molecule has 2 aliphatic rings. The quantitative estimate of drug-likeness (QED) is 0.476. The smallest absolute Gasteiger partial charge is 0.277 e. The number of nitrogens with zero attached hydrogens (tertiary/aromatic N) is 6. The zero-order valence-corrected chi connectivity index (χ0v) is 24.0. The topological polar surface area (TPSA) is 118 Å². The van der Waals surface area contributed by atoms with Gasteiger partial charge in [0.1, 0.15) is 12.4 Å². The molecule has 4 heterocycles. The highest BCUT2D eigenvalue weighted by molar-refractivity contribution is 7.86. The van der Waals surface area contributed by atoms with Crippen molar-refractivity contribution in [2.45, 2.75) is 47.1 Å². The average molecular weight is 552 g/mol. The molecule has 1 saturated heterocycles. The van der Waals surface area contributed by atoms with Gasteiger partial charge in [-0.1, -0.05) is 32.0 Å². The minimum Gasteiger partial charge on any atom is -0.488 e. The number of aryl methyl sites for hydroxylation is 4. The van der Waals surface area contributed by atoms with Crippen molar-refractivity contribution in [2.24, 2.45) is 5.14 Å². The summed E-state index contributed by atoms with van der Waals surface area (Å²) < 4.78 is 31.1. The number of piperazine rings is 1. The summed E-state index contributed by atoms with van der Waals surface area (Å²) in [6.45, 7) is 11.8. The monoisotopic (exact) mass is 551 g/mol. The van der Waals surface area contributed by atoms with Crippen molar-refractivity contribution in [2.75, 3.05) is 49.1 Å². The first kappa shape index (κ1) is 27.3. The van der Waals surface area contributed by atoms with Gasteiger partial charge in [-0.25, -0.2) is 20.1 Å². The fourth-order valence-corrected chi connectivity index (χ4v) is 6.08. The second-order valence-corrected chi connectivity index (χ2v) is 11.6. The van der Waals surface area contributed by atoms with Crippen LogP contribution in [-0.4, -0.2) is 67.0 Å². The number of aromatic nitrogens is 3. The van der Waals surface area contributed by atoms with Gasteiger partial charge in [0.15, 0.2) is 17.4 Å². The van der Waals surface area contributed by atoms with Crippen molar-refractivity contribution in [3.63, 3.8) is 0 Å². The Morgan fingerprint density at radius 2 is 1.59 bits per heavy atom. The molecule has 0 amide bonds.